The Morgan fingerprint density at radius 1 is 1.10 bits per heavy atom. The van der Waals surface area contributed by atoms with Crippen LogP contribution in [0.25, 0.3) is 10.9 Å². The fraction of sp³-hybridized carbons (Fsp3) is 0.556. The smallest absolute Gasteiger partial charge is 0.0482 e. The minimum Gasteiger partial charge on any atom is -0.343 e. The molecular weight excluding hydrogens is 244 g/mol. The molecule has 0 aliphatic carbocycles. The molecule has 2 heteroatoms. The minimum atomic E-state index is 0.525. The van der Waals surface area contributed by atoms with Gasteiger partial charge in [0.05, 0.1) is 0 Å². The van der Waals surface area contributed by atoms with Crippen LogP contribution in [-0.4, -0.2) is 10.6 Å². The summed E-state index contributed by atoms with van der Waals surface area (Å²) in [6.45, 7) is 11.1. The van der Waals surface area contributed by atoms with Gasteiger partial charge in [-0.15, -0.1) is 0 Å². The Balaban J connectivity index is 2.20. The molecule has 0 bridgehead atoms. The van der Waals surface area contributed by atoms with Crippen molar-refractivity contribution in [2.75, 3.05) is 0 Å². The monoisotopic (exact) mass is 272 g/mol. The van der Waals surface area contributed by atoms with Gasteiger partial charge in [0.1, 0.15) is 0 Å². The van der Waals surface area contributed by atoms with Gasteiger partial charge in [0, 0.05) is 30.3 Å². The van der Waals surface area contributed by atoms with Crippen molar-refractivity contribution in [1.29, 1.82) is 0 Å². The number of aromatic nitrogens is 1. The van der Waals surface area contributed by atoms with Gasteiger partial charge in [-0.25, -0.2) is 0 Å². The molecule has 2 aromatic rings. The number of rotatable bonds is 7. The summed E-state index contributed by atoms with van der Waals surface area (Å²) in [6.07, 6.45) is 2.55. The van der Waals surface area contributed by atoms with E-state index in [4.69, 9.17) is 0 Å². The summed E-state index contributed by atoms with van der Waals surface area (Å²) in [7, 11) is 0. The van der Waals surface area contributed by atoms with Crippen LogP contribution in [0.3, 0.4) is 0 Å². The number of para-hydroxylation sites is 1. The Morgan fingerprint density at radius 3 is 2.55 bits per heavy atom. The van der Waals surface area contributed by atoms with E-state index < -0.39 is 0 Å². The fourth-order valence-electron chi connectivity index (χ4n) is 2.64. The second-order valence-corrected chi connectivity index (χ2v) is 6.42. The lowest BCUT2D eigenvalue weighted by molar-refractivity contribution is 0.501. The molecule has 0 spiro atoms. The lowest BCUT2D eigenvalue weighted by atomic mass is 10.1. The van der Waals surface area contributed by atoms with Gasteiger partial charge in [-0.1, -0.05) is 45.9 Å². The van der Waals surface area contributed by atoms with E-state index in [9.17, 15) is 0 Å². The maximum atomic E-state index is 3.54. The number of benzene rings is 1. The van der Waals surface area contributed by atoms with E-state index in [2.05, 4.69) is 67.9 Å². The van der Waals surface area contributed by atoms with Gasteiger partial charge >= 0.3 is 0 Å². The zero-order valence-electron chi connectivity index (χ0n) is 13.3. The SMILES string of the molecule is CC(C)CCCn1c(CNC(C)C)cc2ccccc21. The van der Waals surface area contributed by atoms with Gasteiger partial charge in [-0.2, -0.15) is 0 Å². The third-order valence-electron chi connectivity index (χ3n) is 3.75. The van der Waals surface area contributed by atoms with E-state index in [0.717, 1.165) is 19.0 Å². The van der Waals surface area contributed by atoms with Crippen LogP contribution in [0.5, 0.6) is 0 Å². The number of hydrogen-bond acceptors (Lipinski definition) is 1. The lowest BCUT2D eigenvalue weighted by Crippen LogP contribution is -2.23. The van der Waals surface area contributed by atoms with Crippen molar-refractivity contribution >= 4 is 10.9 Å². The first kappa shape index (κ1) is 15.1. The summed E-state index contributed by atoms with van der Waals surface area (Å²) in [5, 5.41) is 4.90. The van der Waals surface area contributed by atoms with E-state index in [1.165, 1.54) is 29.4 Å². The molecule has 0 atom stereocenters. The van der Waals surface area contributed by atoms with Crippen molar-refractivity contribution in [3.05, 3.63) is 36.0 Å². The van der Waals surface area contributed by atoms with Gasteiger partial charge in [0.25, 0.3) is 0 Å². The van der Waals surface area contributed by atoms with Gasteiger partial charge in [-0.3, -0.25) is 0 Å². The summed E-state index contributed by atoms with van der Waals surface area (Å²) in [6, 6.07) is 11.6. The number of fused-ring (bicyclic) bond motifs is 1. The standard InChI is InChI=1S/C18H28N2/c1-14(2)8-7-11-20-17(13-19-15(3)4)12-16-9-5-6-10-18(16)20/h5-6,9-10,12,14-15,19H,7-8,11,13H2,1-4H3. The molecule has 1 aromatic heterocycles. The maximum absolute atomic E-state index is 3.54. The maximum Gasteiger partial charge on any atom is 0.0482 e. The van der Waals surface area contributed by atoms with Crippen molar-refractivity contribution in [2.45, 2.75) is 59.7 Å². The first-order valence-corrected chi connectivity index (χ1v) is 7.88. The molecule has 20 heavy (non-hydrogen) atoms. The number of nitrogens with one attached hydrogen (secondary N) is 1. The Morgan fingerprint density at radius 2 is 1.85 bits per heavy atom. The summed E-state index contributed by atoms with van der Waals surface area (Å²) in [4.78, 5) is 0. The van der Waals surface area contributed by atoms with Crippen LogP contribution in [-0.2, 0) is 13.1 Å². The van der Waals surface area contributed by atoms with Crippen molar-refractivity contribution in [1.82, 2.24) is 9.88 Å². The molecule has 0 radical (unpaired) electrons. The largest absolute Gasteiger partial charge is 0.343 e. The molecule has 1 N–H and O–H groups in total. The third-order valence-corrected chi connectivity index (χ3v) is 3.75. The molecule has 0 aliphatic rings. The zero-order chi connectivity index (χ0) is 14.5. The van der Waals surface area contributed by atoms with Crippen LogP contribution >= 0.6 is 0 Å². The molecule has 0 aliphatic heterocycles. The normalized spacial score (nSPS) is 11.9. The van der Waals surface area contributed by atoms with Gasteiger partial charge in [0.15, 0.2) is 0 Å². The average molecular weight is 272 g/mol. The zero-order valence-corrected chi connectivity index (χ0v) is 13.3. The summed E-state index contributed by atoms with van der Waals surface area (Å²) < 4.78 is 2.49. The van der Waals surface area contributed by atoms with E-state index in [1.807, 2.05) is 0 Å². The molecule has 0 saturated heterocycles. The number of nitrogens with zero attached hydrogens (tertiary/aromatic N) is 1. The predicted octanol–water partition coefficient (Wildman–Crippen LogP) is 4.58. The fourth-order valence-corrected chi connectivity index (χ4v) is 2.64. The Labute approximate surface area is 123 Å². The van der Waals surface area contributed by atoms with Crippen molar-refractivity contribution < 1.29 is 0 Å². The van der Waals surface area contributed by atoms with Crippen LogP contribution < -0.4 is 5.32 Å². The topological polar surface area (TPSA) is 17.0 Å². The van der Waals surface area contributed by atoms with E-state index in [1.54, 1.807) is 0 Å². The lowest BCUT2D eigenvalue weighted by Gasteiger charge is -2.14. The minimum absolute atomic E-state index is 0.525. The highest BCUT2D eigenvalue weighted by Crippen LogP contribution is 2.21. The quantitative estimate of drug-likeness (QED) is 0.781. The highest BCUT2D eigenvalue weighted by atomic mass is 15.0. The van der Waals surface area contributed by atoms with E-state index in [-0.39, 0.29) is 0 Å². The second-order valence-electron chi connectivity index (χ2n) is 6.42. The first-order chi connectivity index (χ1) is 9.58. The third kappa shape index (κ3) is 3.86. The molecular formula is C18H28N2. The summed E-state index contributed by atoms with van der Waals surface area (Å²) in [5.74, 6) is 0.786. The summed E-state index contributed by atoms with van der Waals surface area (Å²) >= 11 is 0. The average Bonchev–Trinajstić information content (AvgIpc) is 2.74. The van der Waals surface area contributed by atoms with Crippen LogP contribution in [0, 0.1) is 5.92 Å². The first-order valence-electron chi connectivity index (χ1n) is 7.88. The highest BCUT2D eigenvalue weighted by Gasteiger charge is 2.08. The van der Waals surface area contributed by atoms with Crippen LogP contribution in [0.1, 0.15) is 46.2 Å². The van der Waals surface area contributed by atoms with Crippen LogP contribution in [0.2, 0.25) is 0 Å². The van der Waals surface area contributed by atoms with Crippen molar-refractivity contribution in [3.63, 3.8) is 0 Å². The second kappa shape index (κ2) is 6.94. The van der Waals surface area contributed by atoms with Gasteiger partial charge in [-0.05, 0) is 36.3 Å². The van der Waals surface area contributed by atoms with E-state index in [0.29, 0.717) is 6.04 Å². The molecule has 2 nitrogen and oxygen atoms in total. The molecule has 110 valence electrons. The molecule has 0 amide bonds. The molecule has 0 unspecified atom stereocenters. The number of hydrogen-bond donors (Lipinski definition) is 1. The molecule has 0 saturated carbocycles. The van der Waals surface area contributed by atoms with E-state index >= 15 is 0 Å². The summed E-state index contributed by atoms with van der Waals surface area (Å²) in [5.41, 5.74) is 2.78. The predicted molar refractivity (Wildman–Crippen MR) is 88.0 cm³/mol. The van der Waals surface area contributed by atoms with Crippen molar-refractivity contribution in [2.24, 2.45) is 5.92 Å². The molecule has 2 rings (SSSR count). The Bertz CT molecular complexity index is 537. The Hall–Kier alpha value is -1.28. The van der Waals surface area contributed by atoms with Gasteiger partial charge in [0.2, 0.25) is 0 Å². The molecule has 0 fully saturated rings. The Kier molecular flexibility index (Phi) is 5.24. The highest BCUT2D eigenvalue weighted by molar-refractivity contribution is 5.81. The molecule has 1 heterocycles. The molecule has 1 aromatic carbocycles. The van der Waals surface area contributed by atoms with Crippen LogP contribution in [0.4, 0.5) is 0 Å². The van der Waals surface area contributed by atoms with Crippen LogP contribution in [0.15, 0.2) is 30.3 Å². The van der Waals surface area contributed by atoms with Crippen molar-refractivity contribution in [3.8, 4) is 0 Å². The number of aryl methyl sites for hydroxylation is 1. The van der Waals surface area contributed by atoms with Gasteiger partial charge < -0.3 is 9.88 Å².